The minimum absolute atomic E-state index is 0. The van der Waals surface area contributed by atoms with Gasteiger partial charge < -0.3 is 60.4 Å². The van der Waals surface area contributed by atoms with Crippen molar-refractivity contribution < 1.29 is 25.8 Å². The summed E-state index contributed by atoms with van der Waals surface area (Å²) in [4.78, 5) is 31.0. The highest BCUT2D eigenvalue weighted by Crippen LogP contribution is 2.32. The van der Waals surface area contributed by atoms with E-state index < -0.39 is 17.4 Å². The molecular weight excluding hydrogens is 566 g/mol. The first-order chi connectivity index (χ1) is 18.0. The molecule has 0 aliphatic carbocycles. The predicted octanol–water partition coefficient (Wildman–Crippen LogP) is 6.02. The van der Waals surface area contributed by atoms with Gasteiger partial charge in [0.15, 0.2) is 11.5 Å². The second-order valence-corrected chi connectivity index (χ2v) is 9.34. The smallest absolute Gasteiger partial charge is 0.259 e. The van der Waals surface area contributed by atoms with E-state index in [1.54, 1.807) is 6.07 Å². The van der Waals surface area contributed by atoms with Crippen molar-refractivity contribution in [2.45, 2.75) is 38.5 Å². The molecule has 15 nitrogen and oxygen atoms in total. The van der Waals surface area contributed by atoms with Crippen molar-refractivity contribution in [2.24, 2.45) is 0 Å². The van der Waals surface area contributed by atoms with Crippen LogP contribution < -0.4 is 45.0 Å². The Morgan fingerprint density at radius 3 is 1.81 bits per heavy atom. The average Bonchev–Trinajstić information content (AvgIpc) is 2.92. The van der Waals surface area contributed by atoms with Gasteiger partial charge >= 0.3 is 0 Å². The van der Waals surface area contributed by atoms with Crippen LogP contribution in [0.15, 0.2) is 36.4 Å². The molecule has 0 spiro atoms. The fraction of sp³-hybridized carbons (Fsp3) is 0.385. The van der Waals surface area contributed by atoms with Crippen molar-refractivity contribution in [1.82, 2.24) is 39.6 Å². The number of anilines is 5. The number of amides is 1. The highest BCUT2D eigenvalue weighted by Gasteiger charge is 2.21. The summed E-state index contributed by atoms with van der Waals surface area (Å²) in [5, 5.41) is 35.9. The molecule has 1 aromatic heterocycles. The Bertz CT molecular complexity index is 1270. The number of hydrogen-bond acceptors (Lipinski definition) is 14. The Kier molecular flexibility index (Phi) is 15.3. The third kappa shape index (κ3) is 8.67. The number of aromatic hydroxyl groups is 3. The van der Waals surface area contributed by atoms with Gasteiger partial charge in [-0.1, -0.05) is 6.07 Å². The van der Waals surface area contributed by atoms with E-state index in [0.29, 0.717) is 23.5 Å². The number of halogens is 1. The van der Waals surface area contributed by atoms with E-state index in [0.717, 1.165) is 51.9 Å². The van der Waals surface area contributed by atoms with Crippen LogP contribution in [0.4, 0.5) is 29.2 Å². The molecule has 2 aliphatic heterocycles. The molecule has 5 rings (SSSR count). The monoisotopic (exact) mass is 617 g/mol. The van der Waals surface area contributed by atoms with Crippen molar-refractivity contribution in [3.05, 3.63) is 42.0 Å². The van der Waals surface area contributed by atoms with E-state index in [2.05, 4.69) is 30.4 Å². The Balaban J connectivity index is -0.000000623. The van der Waals surface area contributed by atoms with E-state index >= 15 is 0 Å². The van der Waals surface area contributed by atoms with Crippen molar-refractivity contribution >= 4 is 47.5 Å². The minimum atomic E-state index is -0.667. The molecular formula is C26H52ClN11O4. The first-order valence-electron chi connectivity index (χ1n) is 12.7. The van der Waals surface area contributed by atoms with Crippen LogP contribution in [0.25, 0.3) is 0 Å². The summed E-state index contributed by atoms with van der Waals surface area (Å²) >= 11 is 0. The number of piperidine rings is 2. The lowest BCUT2D eigenvalue weighted by Gasteiger charge is -2.30. The predicted molar refractivity (Wildman–Crippen MR) is 177 cm³/mol. The second kappa shape index (κ2) is 17.0. The van der Waals surface area contributed by atoms with Gasteiger partial charge in [-0.2, -0.15) is 15.0 Å². The summed E-state index contributed by atoms with van der Waals surface area (Å²) in [5.41, 5.74) is 0.579. The van der Waals surface area contributed by atoms with E-state index in [9.17, 15) is 20.1 Å². The first kappa shape index (κ1) is 37.9. The summed E-state index contributed by atoms with van der Waals surface area (Å²) in [6, 6.07) is 8.78. The number of phenolic OH excluding ortho intramolecular Hbond substituents is 3. The highest BCUT2D eigenvalue weighted by atomic mass is 35.5. The molecule has 17 N–H and O–H groups in total. The Hall–Kier alpha value is -4.15. The number of phenols is 3. The minimum Gasteiger partial charge on any atom is -0.506 e. The van der Waals surface area contributed by atoms with Gasteiger partial charge in [0.25, 0.3) is 5.91 Å². The normalized spacial score (nSPS) is 14.0. The Morgan fingerprint density at radius 2 is 1.29 bits per heavy atom. The number of benzene rings is 2. The third-order valence-electron chi connectivity index (χ3n) is 6.65. The maximum atomic E-state index is 12.5. The number of para-hydroxylation sites is 1. The van der Waals surface area contributed by atoms with Gasteiger partial charge in [-0.05, 0) is 62.8 Å². The summed E-state index contributed by atoms with van der Waals surface area (Å²) in [6.45, 7) is 3.64. The molecule has 2 aliphatic rings. The Morgan fingerprint density at radius 1 is 0.738 bits per heavy atom. The topological polar surface area (TPSA) is 287 Å². The van der Waals surface area contributed by atoms with Gasteiger partial charge in [-0.25, -0.2) is 0 Å². The van der Waals surface area contributed by atoms with Gasteiger partial charge in [0.2, 0.25) is 17.8 Å². The molecule has 2 fully saturated rings. The quantitative estimate of drug-likeness (QED) is 0.143. The molecule has 0 unspecified atom stereocenters. The van der Waals surface area contributed by atoms with Crippen LogP contribution >= 0.6 is 12.4 Å². The van der Waals surface area contributed by atoms with E-state index in [1.165, 1.54) is 43.2 Å². The van der Waals surface area contributed by atoms with Crippen LogP contribution in [0.1, 0.15) is 54.6 Å². The number of carbonyl (C=O) groups excluding carboxylic acids is 1. The molecule has 2 saturated heterocycles. The van der Waals surface area contributed by atoms with Gasteiger partial charge in [0.1, 0.15) is 5.75 Å². The van der Waals surface area contributed by atoms with Gasteiger partial charge in [-0.15, -0.1) is 12.4 Å². The fourth-order valence-electron chi connectivity index (χ4n) is 4.63. The summed E-state index contributed by atoms with van der Waals surface area (Å²) in [6.07, 6.45) is 6.84. The van der Waals surface area contributed by atoms with Crippen LogP contribution in [0.5, 0.6) is 17.2 Å². The van der Waals surface area contributed by atoms with Gasteiger partial charge in [0, 0.05) is 43.6 Å². The summed E-state index contributed by atoms with van der Waals surface area (Å²) in [7, 11) is 0. The molecule has 3 heterocycles. The second-order valence-electron chi connectivity index (χ2n) is 9.34. The molecule has 3 aromatic rings. The molecule has 0 atom stereocenters. The number of rotatable bonds is 6. The number of nitrogens with one attached hydrogen (secondary N) is 2. The van der Waals surface area contributed by atoms with Crippen molar-refractivity contribution in [1.29, 1.82) is 0 Å². The average molecular weight is 618 g/mol. The van der Waals surface area contributed by atoms with Crippen molar-refractivity contribution in [3.63, 3.8) is 0 Å². The molecule has 16 heteroatoms. The molecule has 2 aromatic carbocycles. The summed E-state index contributed by atoms with van der Waals surface area (Å²) in [5.74, 6) is -0.0901. The molecule has 0 saturated carbocycles. The first-order valence-corrected chi connectivity index (χ1v) is 12.7. The van der Waals surface area contributed by atoms with E-state index in [-0.39, 0.29) is 59.7 Å². The standard InChI is InChI=1S/C26H31N7O4.ClH.4H3N.4H2/c34-20-9-7-8-18(22(20)36)23(37)28-19-11-10-17(16-21(19)35)27-24-29-25(32-12-3-1-4-13-32)31-26(30-24)33-14-5-2-6-15-33;;;;;;;;;/h7-11,16,34-36H,1-6,12-15H2,(H,28,37)(H,27,29,30,31);1H;4*1H3;4*1H. The fourth-order valence-corrected chi connectivity index (χ4v) is 4.63. The largest absolute Gasteiger partial charge is 0.506 e. The molecule has 0 bridgehead atoms. The van der Waals surface area contributed by atoms with Gasteiger partial charge in [0.05, 0.1) is 11.3 Å². The number of hydrogen-bond donors (Lipinski definition) is 9. The van der Waals surface area contributed by atoms with Crippen LogP contribution in [-0.4, -0.2) is 62.4 Å². The highest BCUT2D eigenvalue weighted by molar-refractivity contribution is 6.07. The zero-order valence-electron chi connectivity index (χ0n) is 23.8. The lowest BCUT2D eigenvalue weighted by atomic mass is 10.1. The number of nitrogens with zero attached hydrogens (tertiary/aromatic N) is 5. The summed E-state index contributed by atoms with van der Waals surface area (Å²) < 4.78 is 0. The van der Waals surface area contributed by atoms with Crippen LogP contribution in [0, 0.1) is 0 Å². The lowest BCUT2D eigenvalue weighted by molar-refractivity contribution is 0.102. The zero-order valence-corrected chi connectivity index (χ0v) is 24.6. The van der Waals surface area contributed by atoms with Crippen LogP contribution in [0.3, 0.4) is 0 Å². The third-order valence-corrected chi connectivity index (χ3v) is 6.65. The molecule has 242 valence electrons. The van der Waals surface area contributed by atoms with Crippen LogP contribution in [-0.2, 0) is 0 Å². The zero-order chi connectivity index (χ0) is 25.8. The lowest BCUT2D eigenvalue weighted by Crippen LogP contribution is -2.34. The molecule has 1 amide bonds. The van der Waals surface area contributed by atoms with Gasteiger partial charge in [-0.3, -0.25) is 4.79 Å². The van der Waals surface area contributed by atoms with E-state index in [4.69, 9.17) is 4.98 Å². The maximum Gasteiger partial charge on any atom is 0.259 e. The molecule has 0 radical (unpaired) electrons. The molecule has 42 heavy (non-hydrogen) atoms. The maximum absolute atomic E-state index is 12.5. The SMILES string of the molecule is Cl.N.N.N.N.O=C(Nc1ccc(Nc2nc(N3CCCCC3)nc(N3CCCCC3)n2)cc1O)c1cccc(O)c1O.[HH].[HH].[HH].[HH]. The van der Waals surface area contributed by atoms with E-state index in [1.807, 2.05) is 0 Å². The van der Waals surface area contributed by atoms with Crippen LogP contribution in [0.2, 0.25) is 0 Å². The number of aromatic nitrogens is 3. The van der Waals surface area contributed by atoms with Crippen molar-refractivity contribution in [2.75, 3.05) is 46.6 Å². The Labute approximate surface area is 257 Å². The van der Waals surface area contributed by atoms with Crippen molar-refractivity contribution in [3.8, 4) is 17.2 Å². The number of carbonyl (C=O) groups is 1.